The monoisotopic (exact) mass is 222 g/mol. The fraction of sp³-hybridized carbons (Fsp3) is 0.222. The molecule has 0 aromatic carbocycles. The van der Waals surface area contributed by atoms with E-state index in [4.69, 9.17) is 10.5 Å². The van der Waals surface area contributed by atoms with Gasteiger partial charge in [0.2, 0.25) is 5.95 Å². The van der Waals surface area contributed by atoms with Crippen LogP contribution < -0.4 is 10.5 Å². The number of nitrogens with two attached hydrogens (primary N) is 1. The summed E-state index contributed by atoms with van der Waals surface area (Å²) in [6.07, 6.45) is 0. The summed E-state index contributed by atoms with van der Waals surface area (Å²) in [5.74, 6) is 0.712. The van der Waals surface area contributed by atoms with Gasteiger partial charge < -0.3 is 10.5 Å². The average Bonchev–Trinajstić information content (AvgIpc) is 2.64. The molecule has 0 aliphatic heterocycles. The largest absolute Gasteiger partial charge is 0.467 e. The lowest BCUT2D eigenvalue weighted by atomic mass is 10.3. The maximum Gasteiger partial charge on any atom is 0.321 e. The Morgan fingerprint density at radius 1 is 1.33 bits per heavy atom. The van der Waals surface area contributed by atoms with E-state index in [1.54, 1.807) is 11.3 Å². The van der Waals surface area contributed by atoms with Gasteiger partial charge >= 0.3 is 6.01 Å². The Labute approximate surface area is 91.0 Å². The molecule has 0 amide bonds. The van der Waals surface area contributed by atoms with Crippen LogP contribution in [0.3, 0.4) is 0 Å². The number of rotatable bonds is 2. The highest BCUT2D eigenvalue weighted by Gasteiger charge is 2.07. The van der Waals surface area contributed by atoms with E-state index in [-0.39, 0.29) is 12.0 Å². The average molecular weight is 222 g/mol. The van der Waals surface area contributed by atoms with Crippen LogP contribution >= 0.6 is 11.3 Å². The molecule has 5 nitrogen and oxygen atoms in total. The third-order valence-corrected chi connectivity index (χ3v) is 2.66. The van der Waals surface area contributed by atoms with Crippen molar-refractivity contribution in [1.82, 2.24) is 15.0 Å². The number of hydrogen-bond donors (Lipinski definition) is 1. The van der Waals surface area contributed by atoms with Gasteiger partial charge in [-0.3, -0.25) is 0 Å². The second-order valence-corrected chi connectivity index (χ2v) is 4.07. The van der Waals surface area contributed by atoms with Gasteiger partial charge in [-0.1, -0.05) is 0 Å². The van der Waals surface area contributed by atoms with E-state index in [1.807, 2.05) is 18.4 Å². The molecule has 0 atom stereocenters. The highest BCUT2D eigenvalue weighted by Crippen LogP contribution is 2.23. The Morgan fingerprint density at radius 2 is 2.13 bits per heavy atom. The van der Waals surface area contributed by atoms with Crippen LogP contribution in [0.4, 0.5) is 5.95 Å². The van der Waals surface area contributed by atoms with Gasteiger partial charge in [0.25, 0.3) is 0 Å². The lowest BCUT2D eigenvalue weighted by molar-refractivity contribution is 0.379. The lowest BCUT2D eigenvalue weighted by Gasteiger charge is -2.01. The summed E-state index contributed by atoms with van der Waals surface area (Å²) < 4.78 is 4.93. The van der Waals surface area contributed by atoms with Crippen molar-refractivity contribution in [2.75, 3.05) is 12.8 Å². The predicted molar refractivity (Wildman–Crippen MR) is 58.8 cm³/mol. The number of anilines is 1. The molecule has 0 saturated heterocycles. The fourth-order valence-electron chi connectivity index (χ4n) is 1.15. The van der Waals surface area contributed by atoms with Crippen molar-refractivity contribution in [3.63, 3.8) is 0 Å². The van der Waals surface area contributed by atoms with Gasteiger partial charge in [-0.05, 0) is 13.0 Å². The Balaban J connectivity index is 2.48. The minimum absolute atomic E-state index is 0.167. The summed E-state index contributed by atoms with van der Waals surface area (Å²) in [6, 6.07) is 2.24. The predicted octanol–water partition coefficient (Wildman–Crippen LogP) is 1.50. The molecule has 15 heavy (non-hydrogen) atoms. The fourth-order valence-corrected chi connectivity index (χ4v) is 1.83. The number of methoxy groups -OCH3 is 1. The Kier molecular flexibility index (Phi) is 2.51. The molecule has 78 valence electrons. The Morgan fingerprint density at radius 3 is 2.73 bits per heavy atom. The molecule has 2 rings (SSSR count). The van der Waals surface area contributed by atoms with Crippen LogP contribution in [0.2, 0.25) is 0 Å². The first-order chi connectivity index (χ1) is 7.19. The summed E-state index contributed by atoms with van der Waals surface area (Å²) in [7, 11) is 1.50. The summed E-state index contributed by atoms with van der Waals surface area (Å²) in [5, 5.41) is 1.98. The quantitative estimate of drug-likeness (QED) is 0.833. The third kappa shape index (κ3) is 2.04. The van der Waals surface area contributed by atoms with Crippen molar-refractivity contribution < 1.29 is 4.74 Å². The molecule has 0 aliphatic rings. The summed E-state index contributed by atoms with van der Waals surface area (Å²) >= 11 is 1.64. The van der Waals surface area contributed by atoms with Gasteiger partial charge in [-0.15, -0.1) is 11.3 Å². The van der Waals surface area contributed by atoms with Crippen LogP contribution in [0.15, 0.2) is 11.4 Å². The number of nitrogen functional groups attached to an aromatic ring is 1. The van der Waals surface area contributed by atoms with Crippen molar-refractivity contribution in [2.24, 2.45) is 0 Å². The van der Waals surface area contributed by atoms with E-state index >= 15 is 0 Å². The second-order valence-electron chi connectivity index (χ2n) is 2.95. The molecule has 0 radical (unpaired) electrons. The Hall–Kier alpha value is -1.69. The zero-order chi connectivity index (χ0) is 10.8. The van der Waals surface area contributed by atoms with Gasteiger partial charge in [-0.25, -0.2) is 0 Å². The summed E-state index contributed by atoms with van der Waals surface area (Å²) in [6.45, 7) is 2.02. The van der Waals surface area contributed by atoms with Crippen molar-refractivity contribution in [3.8, 4) is 17.4 Å². The Bertz CT molecular complexity index is 483. The van der Waals surface area contributed by atoms with Gasteiger partial charge in [0.05, 0.1) is 7.11 Å². The van der Waals surface area contributed by atoms with E-state index < -0.39 is 0 Å². The highest BCUT2D eigenvalue weighted by molar-refractivity contribution is 7.10. The van der Waals surface area contributed by atoms with E-state index in [1.165, 1.54) is 12.0 Å². The number of aromatic nitrogens is 3. The third-order valence-electron chi connectivity index (χ3n) is 1.80. The number of thiophene rings is 1. The van der Waals surface area contributed by atoms with E-state index in [0.717, 1.165) is 5.56 Å². The van der Waals surface area contributed by atoms with E-state index in [0.29, 0.717) is 5.82 Å². The number of aryl methyl sites for hydroxylation is 1. The van der Waals surface area contributed by atoms with Gasteiger partial charge in [0.1, 0.15) is 0 Å². The number of hydrogen-bond acceptors (Lipinski definition) is 6. The normalized spacial score (nSPS) is 10.3. The van der Waals surface area contributed by atoms with Crippen molar-refractivity contribution in [2.45, 2.75) is 6.92 Å². The smallest absolute Gasteiger partial charge is 0.321 e. The van der Waals surface area contributed by atoms with Gasteiger partial charge in [-0.2, -0.15) is 15.0 Å². The van der Waals surface area contributed by atoms with Crippen LogP contribution in [-0.2, 0) is 0 Å². The highest BCUT2D eigenvalue weighted by atomic mass is 32.1. The maximum absolute atomic E-state index is 5.54. The van der Waals surface area contributed by atoms with E-state index in [2.05, 4.69) is 15.0 Å². The minimum atomic E-state index is 0.167. The molecule has 0 spiro atoms. The van der Waals surface area contributed by atoms with Crippen LogP contribution in [0, 0.1) is 6.92 Å². The summed E-state index contributed by atoms with van der Waals surface area (Å²) in [4.78, 5) is 13.2. The number of nitrogens with zero attached hydrogens (tertiary/aromatic N) is 3. The lowest BCUT2D eigenvalue weighted by Crippen LogP contribution is -2.02. The van der Waals surface area contributed by atoms with Crippen molar-refractivity contribution in [3.05, 3.63) is 16.3 Å². The SMILES string of the molecule is COc1nc(N)nc(-c2csc(C)c2)n1. The van der Waals surface area contributed by atoms with Gasteiger partial charge in [0, 0.05) is 15.8 Å². The first kappa shape index (κ1) is 9.85. The molecular formula is C9H10N4OS. The molecule has 0 fully saturated rings. The van der Waals surface area contributed by atoms with Crippen molar-refractivity contribution >= 4 is 17.3 Å². The first-order valence-corrected chi connectivity index (χ1v) is 5.18. The molecule has 0 saturated carbocycles. The zero-order valence-corrected chi connectivity index (χ0v) is 9.21. The second kappa shape index (κ2) is 3.82. The van der Waals surface area contributed by atoms with Crippen LogP contribution in [0.1, 0.15) is 4.88 Å². The van der Waals surface area contributed by atoms with E-state index in [9.17, 15) is 0 Å². The topological polar surface area (TPSA) is 73.9 Å². The van der Waals surface area contributed by atoms with Gasteiger partial charge in [0.15, 0.2) is 5.82 Å². The first-order valence-electron chi connectivity index (χ1n) is 4.30. The zero-order valence-electron chi connectivity index (χ0n) is 8.39. The number of ether oxygens (including phenoxy) is 1. The molecule has 2 heterocycles. The van der Waals surface area contributed by atoms with Crippen molar-refractivity contribution in [1.29, 1.82) is 0 Å². The molecular weight excluding hydrogens is 212 g/mol. The molecule has 0 bridgehead atoms. The molecule has 6 heteroatoms. The summed E-state index contributed by atoms with van der Waals surface area (Å²) in [5.41, 5.74) is 6.48. The van der Waals surface area contributed by atoms with Crippen LogP contribution in [0.5, 0.6) is 6.01 Å². The molecule has 2 aromatic heterocycles. The standard InChI is InChI=1S/C9H10N4OS/c1-5-3-6(4-15-5)7-11-8(10)13-9(12-7)14-2/h3-4H,1-2H3,(H2,10,11,12,13). The molecule has 2 aromatic rings. The maximum atomic E-state index is 5.54. The van der Waals surface area contributed by atoms with Crippen LogP contribution in [0.25, 0.3) is 11.4 Å². The molecule has 0 unspecified atom stereocenters. The molecule has 0 aliphatic carbocycles. The minimum Gasteiger partial charge on any atom is -0.467 e. The molecule has 2 N–H and O–H groups in total. The van der Waals surface area contributed by atoms with Crippen LogP contribution in [-0.4, -0.2) is 22.1 Å².